The molecule has 0 bridgehead atoms. The molecule has 0 spiro atoms. The van der Waals surface area contributed by atoms with Gasteiger partial charge in [-0.15, -0.1) is 0 Å². The van der Waals surface area contributed by atoms with Crippen LogP contribution in [0.15, 0.2) is 54.6 Å². The Morgan fingerprint density at radius 3 is 2.41 bits per heavy atom. The van der Waals surface area contributed by atoms with Crippen LogP contribution in [0.4, 0.5) is 13.6 Å². The quantitative estimate of drug-likeness (QED) is 0.386. The predicted molar refractivity (Wildman–Crippen MR) is 135 cm³/mol. The Bertz CT molecular complexity index is 1360. The van der Waals surface area contributed by atoms with Crippen molar-refractivity contribution < 1.29 is 32.6 Å². The number of hydrogen-bond acceptors (Lipinski definition) is 5. The molecule has 0 radical (unpaired) electrons. The van der Waals surface area contributed by atoms with Crippen molar-refractivity contribution in [2.75, 3.05) is 13.7 Å². The zero-order valence-corrected chi connectivity index (χ0v) is 21.5. The number of alkyl carbamates (subject to hydrolysis) is 1. The highest BCUT2D eigenvalue weighted by Crippen LogP contribution is 2.49. The summed E-state index contributed by atoms with van der Waals surface area (Å²) in [7, 11) is 1.15. The van der Waals surface area contributed by atoms with E-state index in [9.17, 15) is 14.0 Å². The summed E-state index contributed by atoms with van der Waals surface area (Å²) in [5.74, 6) is -2.87. The van der Waals surface area contributed by atoms with Gasteiger partial charge in [0.1, 0.15) is 11.4 Å². The summed E-state index contributed by atoms with van der Waals surface area (Å²) >= 11 is 6.54. The molecule has 0 saturated heterocycles. The van der Waals surface area contributed by atoms with E-state index in [1.165, 1.54) is 6.07 Å². The molecule has 6 nitrogen and oxygen atoms in total. The van der Waals surface area contributed by atoms with Crippen molar-refractivity contribution in [3.8, 4) is 16.9 Å². The number of methoxy groups -OCH3 is 1. The lowest BCUT2D eigenvalue weighted by molar-refractivity contribution is 0.0414. The average molecular weight is 530 g/mol. The van der Waals surface area contributed by atoms with Crippen LogP contribution in [0, 0.1) is 11.6 Å². The van der Waals surface area contributed by atoms with Crippen LogP contribution in [-0.4, -0.2) is 31.3 Å². The highest BCUT2D eigenvalue weighted by atomic mass is 35.5. The van der Waals surface area contributed by atoms with Crippen molar-refractivity contribution in [1.82, 2.24) is 5.32 Å². The first-order chi connectivity index (χ1) is 17.5. The van der Waals surface area contributed by atoms with Gasteiger partial charge >= 0.3 is 12.1 Å². The van der Waals surface area contributed by atoms with Crippen LogP contribution in [-0.2, 0) is 21.5 Å². The smallest absolute Gasteiger partial charge is 0.407 e. The van der Waals surface area contributed by atoms with E-state index in [1.807, 2.05) is 30.3 Å². The zero-order chi connectivity index (χ0) is 27.0. The van der Waals surface area contributed by atoms with Crippen molar-refractivity contribution in [2.45, 2.75) is 38.4 Å². The SMILES string of the molecule is COC(=O)c1ccc(F)c(F)c1-c1c(Cl)ccc2c1CC(CNC(=O)OC(C)(C)C)(c1ccccc1)O2. The average Bonchev–Trinajstić information content (AvgIpc) is 3.24. The summed E-state index contributed by atoms with van der Waals surface area (Å²) in [6, 6.07) is 14.3. The standard InChI is InChI=1S/C28H26ClF2NO5/c1-27(2,3)37-26(34)32-15-28(16-8-6-5-7-9-16)14-18-21(36-28)13-11-19(29)22(18)23-17(25(33)35-4)10-12-20(30)24(23)31/h5-13H,14-15H2,1-4H3,(H,32,34). The highest BCUT2D eigenvalue weighted by molar-refractivity contribution is 6.34. The summed E-state index contributed by atoms with van der Waals surface area (Å²) < 4.78 is 46.3. The number of nitrogens with one attached hydrogen (secondary N) is 1. The number of hydrogen-bond donors (Lipinski definition) is 1. The third-order valence-electron chi connectivity index (χ3n) is 5.95. The fourth-order valence-electron chi connectivity index (χ4n) is 4.38. The van der Waals surface area contributed by atoms with Gasteiger partial charge in [0.15, 0.2) is 17.2 Å². The van der Waals surface area contributed by atoms with Crippen LogP contribution in [0.25, 0.3) is 11.1 Å². The number of rotatable bonds is 5. The van der Waals surface area contributed by atoms with Crippen molar-refractivity contribution in [3.05, 3.63) is 87.9 Å². The zero-order valence-electron chi connectivity index (χ0n) is 20.8. The normalized spacial score (nSPS) is 16.5. The minimum absolute atomic E-state index is 0.00710. The topological polar surface area (TPSA) is 73.9 Å². The Hall–Kier alpha value is -3.65. The largest absolute Gasteiger partial charge is 0.480 e. The van der Waals surface area contributed by atoms with Gasteiger partial charge in [-0.2, -0.15) is 0 Å². The van der Waals surface area contributed by atoms with Gasteiger partial charge in [0.25, 0.3) is 0 Å². The van der Waals surface area contributed by atoms with Crippen molar-refractivity contribution in [2.24, 2.45) is 0 Å². The van der Waals surface area contributed by atoms with Crippen LogP contribution in [0.1, 0.15) is 42.3 Å². The number of halogens is 3. The maximum atomic E-state index is 15.3. The molecule has 4 rings (SSSR count). The monoisotopic (exact) mass is 529 g/mol. The molecule has 1 aliphatic rings. The second-order valence-corrected chi connectivity index (χ2v) is 10.1. The summed E-state index contributed by atoms with van der Waals surface area (Å²) in [5, 5.41) is 2.86. The maximum absolute atomic E-state index is 15.3. The third-order valence-corrected chi connectivity index (χ3v) is 6.27. The predicted octanol–water partition coefficient (Wildman–Crippen LogP) is 6.43. The van der Waals surface area contributed by atoms with E-state index < -0.39 is 34.9 Å². The molecule has 0 aliphatic carbocycles. The van der Waals surface area contributed by atoms with Gasteiger partial charge < -0.3 is 19.5 Å². The van der Waals surface area contributed by atoms with E-state index >= 15 is 4.39 Å². The molecular weight excluding hydrogens is 504 g/mol. The summed E-state index contributed by atoms with van der Waals surface area (Å²) in [5.41, 5.74) is -1.01. The highest BCUT2D eigenvalue weighted by Gasteiger charge is 2.44. The number of carbonyl (C=O) groups excluding carboxylic acids is 2. The lowest BCUT2D eigenvalue weighted by Crippen LogP contribution is -2.45. The second kappa shape index (κ2) is 10.0. The van der Waals surface area contributed by atoms with E-state index in [0.29, 0.717) is 11.3 Å². The summed E-state index contributed by atoms with van der Waals surface area (Å²) in [6.45, 7) is 5.26. The Morgan fingerprint density at radius 1 is 1.05 bits per heavy atom. The van der Waals surface area contributed by atoms with Gasteiger partial charge in [0.2, 0.25) is 0 Å². The van der Waals surface area contributed by atoms with Gasteiger partial charge in [-0.1, -0.05) is 41.9 Å². The van der Waals surface area contributed by atoms with Crippen LogP contribution in [0.5, 0.6) is 5.75 Å². The minimum atomic E-state index is -1.23. The van der Waals surface area contributed by atoms with Crippen LogP contribution in [0.3, 0.4) is 0 Å². The van der Waals surface area contributed by atoms with E-state index in [0.717, 1.165) is 24.8 Å². The van der Waals surface area contributed by atoms with Gasteiger partial charge in [-0.3, -0.25) is 0 Å². The molecule has 1 atom stereocenters. The van der Waals surface area contributed by atoms with Crippen molar-refractivity contribution in [1.29, 1.82) is 0 Å². The molecule has 0 saturated carbocycles. The number of amides is 1. The van der Waals surface area contributed by atoms with E-state index in [-0.39, 0.29) is 34.7 Å². The molecule has 1 aliphatic heterocycles. The molecule has 1 unspecified atom stereocenters. The molecular formula is C28H26ClF2NO5. The number of carbonyl (C=O) groups is 2. The maximum Gasteiger partial charge on any atom is 0.407 e. The summed E-state index contributed by atoms with van der Waals surface area (Å²) in [6.07, 6.45) is -0.501. The molecule has 1 amide bonds. The number of ether oxygens (including phenoxy) is 3. The Morgan fingerprint density at radius 2 is 1.76 bits per heavy atom. The first-order valence-electron chi connectivity index (χ1n) is 11.6. The molecule has 3 aromatic rings. The van der Waals surface area contributed by atoms with Crippen molar-refractivity contribution in [3.63, 3.8) is 0 Å². The van der Waals surface area contributed by atoms with Gasteiger partial charge in [-0.05, 0) is 50.6 Å². The van der Waals surface area contributed by atoms with Gasteiger partial charge in [-0.25, -0.2) is 18.4 Å². The molecule has 3 aromatic carbocycles. The number of fused-ring (bicyclic) bond motifs is 1. The van der Waals surface area contributed by atoms with Gasteiger partial charge in [0, 0.05) is 28.1 Å². The number of esters is 1. The van der Waals surface area contributed by atoms with E-state index in [1.54, 1.807) is 26.8 Å². The Labute approximate surface area is 218 Å². The van der Waals surface area contributed by atoms with Crippen LogP contribution >= 0.6 is 11.6 Å². The third kappa shape index (κ3) is 5.25. The first kappa shape index (κ1) is 26.4. The molecule has 194 valence electrons. The molecule has 0 aromatic heterocycles. The molecule has 0 fully saturated rings. The molecule has 9 heteroatoms. The molecule has 1 heterocycles. The second-order valence-electron chi connectivity index (χ2n) is 9.67. The van der Waals surface area contributed by atoms with E-state index in [4.69, 9.17) is 25.8 Å². The Balaban J connectivity index is 1.84. The first-order valence-corrected chi connectivity index (χ1v) is 11.9. The van der Waals surface area contributed by atoms with Gasteiger partial charge in [0.05, 0.1) is 19.2 Å². The summed E-state index contributed by atoms with van der Waals surface area (Å²) in [4.78, 5) is 25.0. The molecule has 1 N–H and O–H groups in total. The van der Waals surface area contributed by atoms with Crippen LogP contribution in [0.2, 0.25) is 5.02 Å². The molecule has 37 heavy (non-hydrogen) atoms. The van der Waals surface area contributed by atoms with Crippen LogP contribution < -0.4 is 10.1 Å². The lowest BCUT2D eigenvalue weighted by atomic mass is 9.85. The fourth-order valence-corrected chi connectivity index (χ4v) is 4.65. The minimum Gasteiger partial charge on any atom is -0.480 e. The number of benzene rings is 3. The lowest BCUT2D eigenvalue weighted by Gasteiger charge is -2.30. The van der Waals surface area contributed by atoms with Crippen molar-refractivity contribution >= 4 is 23.7 Å². The fraction of sp³-hybridized carbons (Fsp3) is 0.286. The van der Waals surface area contributed by atoms with E-state index in [2.05, 4.69) is 5.32 Å². The Kier molecular flexibility index (Phi) is 7.15.